The second-order valence-corrected chi connectivity index (χ2v) is 6.17. The summed E-state index contributed by atoms with van der Waals surface area (Å²) in [5.41, 5.74) is 3.95. The van der Waals surface area contributed by atoms with Gasteiger partial charge in [0.2, 0.25) is 0 Å². The Morgan fingerprint density at radius 2 is 1.04 bits per heavy atom. The lowest BCUT2D eigenvalue weighted by Crippen LogP contribution is -2.39. The molecule has 0 saturated carbocycles. The van der Waals surface area contributed by atoms with Gasteiger partial charge in [0, 0.05) is 0 Å². The molecule has 0 unspecified atom stereocenters. The molecular formula is C23H24N2S. The molecule has 0 atom stereocenters. The lowest BCUT2D eigenvalue weighted by atomic mass is 10.1. The Hall–Kier alpha value is -2.58. The molecule has 132 valence electrons. The number of nitrogens with zero attached hydrogens (tertiary/aromatic N) is 2. The van der Waals surface area contributed by atoms with Crippen molar-refractivity contribution in [2.45, 2.75) is 19.8 Å². The zero-order valence-electron chi connectivity index (χ0n) is 15.1. The van der Waals surface area contributed by atoms with E-state index >= 15 is 0 Å². The van der Waals surface area contributed by atoms with Gasteiger partial charge in [-0.2, -0.15) is 5.16 Å². The number of hydrogen-bond donors (Lipinski definition) is 0. The number of hydrogen-bond acceptors (Lipinski definition) is 1. The van der Waals surface area contributed by atoms with E-state index in [1.165, 1.54) is 35.1 Å². The van der Waals surface area contributed by atoms with Crippen LogP contribution in [-0.4, -0.2) is 11.7 Å². The smallest absolute Gasteiger partial charge is 0.143 e. The van der Waals surface area contributed by atoms with Gasteiger partial charge in [0.25, 0.3) is 0 Å². The molecule has 0 saturated heterocycles. The van der Waals surface area contributed by atoms with E-state index in [2.05, 4.69) is 110 Å². The van der Waals surface area contributed by atoms with Crippen molar-refractivity contribution in [1.82, 2.24) is 4.48 Å². The number of benzene rings is 3. The molecule has 0 fully saturated rings. The van der Waals surface area contributed by atoms with Crippen molar-refractivity contribution in [2.24, 2.45) is 0 Å². The van der Waals surface area contributed by atoms with Crippen molar-refractivity contribution >= 4 is 34.4 Å². The van der Waals surface area contributed by atoms with Gasteiger partial charge in [-0.3, -0.25) is 0 Å². The Bertz CT molecular complexity index is 699. The van der Waals surface area contributed by atoms with Crippen LogP contribution in [0.5, 0.6) is 0 Å². The van der Waals surface area contributed by atoms with Gasteiger partial charge in [0.05, 0.1) is 6.54 Å². The third-order valence-electron chi connectivity index (χ3n) is 4.44. The van der Waals surface area contributed by atoms with E-state index in [0.29, 0.717) is 0 Å². The Morgan fingerprint density at radius 1 is 0.731 bits per heavy atom. The first kappa shape index (κ1) is 19.7. The molecule has 0 aliphatic carbocycles. The molecule has 0 spiro atoms. The minimum absolute atomic E-state index is 0.774. The predicted octanol–water partition coefficient (Wildman–Crippen LogP) is 7.12. The molecule has 3 heteroatoms. The highest BCUT2D eigenvalue weighted by atomic mass is 32.1. The zero-order valence-corrected chi connectivity index (χ0v) is 15.9. The fourth-order valence-corrected chi connectivity index (χ4v) is 3.28. The number of quaternary nitrogens is 1. The van der Waals surface area contributed by atoms with E-state index in [1.54, 1.807) is 0 Å². The van der Waals surface area contributed by atoms with Gasteiger partial charge < -0.3 is 5.41 Å². The number of para-hydroxylation sites is 3. The molecule has 3 rings (SSSR count). The van der Waals surface area contributed by atoms with Gasteiger partial charge in [-0.25, -0.2) is 4.48 Å². The summed E-state index contributed by atoms with van der Waals surface area (Å²) in [4.78, 5) is 0. The Labute approximate surface area is 161 Å². The van der Waals surface area contributed by atoms with Gasteiger partial charge in [0.1, 0.15) is 17.1 Å². The van der Waals surface area contributed by atoms with Gasteiger partial charge in [-0.05, 0) is 42.8 Å². The molecule has 2 nitrogen and oxygen atoms in total. The summed E-state index contributed by atoms with van der Waals surface area (Å²) >= 11 is 3.70. The number of unbranched alkanes of at least 4 members (excludes halogenated alkanes) is 1. The predicted molar refractivity (Wildman–Crippen MR) is 116 cm³/mol. The van der Waals surface area contributed by atoms with E-state index in [1.807, 2.05) is 0 Å². The van der Waals surface area contributed by atoms with Crippen LogP contribution in [0.15, 0.2) is 91.0 Å². The summed E-state index contributed by atoms with van der Waals surface area (Å²) in [7, 11) is 0. The maximum Gasteiger partial charge on any atom is 0.143 e. The molecule has 3 aromatic rings. The second-order valence-electron chi connectivity index (χ2n) is 5.98. The monoisotopic (exact) mass is 360 g/mol. The molecule has 0 amide bonds. The first-order valence-electron chi connectivity index (χ1n) is 8.85. The van der Waals surface area contributed by atoms with Gasteiger partial charge in [-0.15, -0.1) is 0 Å². The minimum Gasteiger partial charge on any atom is -0.753 e. The van der Waals surface area contributed by atoms with E-state index in [0.717, 1.165) is 11.0 Å². The fourth-order valence-electron chi connectivity index (χ4n) is 3.28. The van der Waals surface area contributed by atoms with Crippen LogP contribution in [0.3, 0.4) is 0 Å². The summed E-state index contributed by atoms with van der Waals surface area (Å²) in [5, 5.41) is 8.47. The average Bonchev–Trinajstić information content (AvgIpc) is 2.72. The van der Waals surface area contributed by atoms with Crippen LogP contribution in [0.25, 0.3) is 5.41 Å². The summed E-state index contributed by atoms with van der Waals surface area (Å²) in [6.07, 6.45) is 2.37. The lowest BCUT2D eigenvalue weighted by Gasteiger charge is -2.37. The first-order chi connectivity index (χ1) is 12.8. The minimum atomic E-state index is 0.774. The summed E-state index contributed by atoms with van der Waals surface area (Å²) in [6, 6.07) is 32.6. The maximum absolute atomic E-state index is 7.13. The van der Waals surface area contributed by atoms with Crippen molar-refractivity contribution < 1.29 is 0 Å². The summed E-state index contributed by atoms with van der Waals surface area (Å²) in [5.74, 6) is 0. The number of isothiocyanates is 1. The zero-order chi connectivity index (χ0) is 18.7. The summed E-state index contributed by atoms with van der Waals surface area (Å²) < 4.78 is 0.774. The highest BCUT2D eigenvalue weighted by molar-refractivity contribution is 7.78. The Kier molecular flexibility index (Phi) is 7.91. The molecular weight excluding hydrogens is 336 g/mol. The summed E-state index contributed by atoms with van der Waals surface area (Å²) in [6.45, 7) is 3.32. The van der Waals surface area contributed by atoms with Crippen molar-refractivity contribution in [1.29, 1.82) is 0 Å². The van der Waals surface area contributed by atoms with Gasteiger partial charge in [0.15, 0.2) is 0 Å². The molecule has 26 heavy (non-hydrogen) atoms. The van der Waals surface area contributed by atoms with Crippen LogP contribution in [0.2, 0.25) is 0 Å². The van der Waals surface area contributed by atoms with Gasteiger partial charge in [-0.1, -0.05) is 80.2 Å². The quantitative estimate of drug-likeness (QED) is 0.261. The normalized spacial score (nSPS) is 10.3. The fraction of sp³-hybridized carbons (Fsp3) is 0.174. The van der Waals surface area contributed by atoms with Crippen molar-refractivity contribution in [3.8, 4) is 0 Å². The third kappa shape index (κ3) is 4.53. The van der Waals surface area contributed by atoms with E-state index in [9.17, 15) is 0 Å². The van der Waals surface area contributed by atoms with E-state index in [4.69, 9.17) is 5.41 Å². The van der Waals surface area contributed by atoms with E-state index < -0.39 is 0 Å². The SMILES string of the molecule is CCCC[N+](c1ccccc1)(c1ccccc1)c1ccccc1.[N-]=C=S. The van der Waals surface area contributed by atoms with Gasteiger partial charge >= 0.3 is 0 Å². The Balaban J connectivity index is 0.000000758. The molecule has 0 N–H and O–H groups in total. The van der Waals surface area contributed by atoms with E-state index in [-0.39, 0.29) is 0 Å². The molecule has 0 aliphatic heterocycles. The number of thiocarbonyl (C=S) groups is 1. The molecule has 0 radical (unpaired) electrons. The van der Waals surface area contributed by atoms with Crippen molar-refractivity contribution in [2.75, 3.05) is 6.54 Å². The highest BCUT2D eigenvalue weighted by Crippen LogP contribution is 2.43. The molecule has 0 bridgehead atoms. The van der Waals surface area contributed by atoms with Crippen LogP contribution in [0.1, 0.15) is 19.8 Å². The van der Waals surface area contributed by atoms with Crippen molar-refractivity contribution in [3.63, 3.8) is 0 Å². The van der Waals surface area contributed by atoms with Crippen LogP contribution < -0.4 is 4.48 Å². The van der Waals surface area contributed by atoms with Crippen molar-refractivity contribution in [3.05, 3.63) is 96.4 Å². The van der Waals surface area contributed by atoms with Crippen LogP contribution in [0.4, 0.5) is 17.1 Å². The largest absolute Gasteiger partial charge is 0.753 e. The highest BCUT2D eigenvalue weighted by Gasteiger charge is 2.35. The topological polar surface area (TPSA) is 22.3 Å². The standard InChI is InChI=1S/C22H24N.CNS/c1-2-3-19-23(20-13-7-4-8-14-20,21-15-9-5-10-16-21)22-17-11-6-12-18-22;2-1-3/h4-18H,2-3,19H2,1H3;/q+1;-1. The van der Waals surface area contributed by atoms with Crippen LogP contribution >= 0.6 is 12.2 Å². The lowest BCUT2D eigenvalue weighted by molar-refractivity contribution is 0.495. The third-order valence-corrected chi connectivity index (χ3v) is 4.44. The molecule has 3 aromatic carbocycles. The maximum atomic E-state index is 7.13. The molecule has 0 heterocycles. The molecule has 0 aliphatic rings. The van der Waals surface area contributed by atoms with Crippen LogP contribution in [0, 0.1) is 0 Å². The number of rotatable bonds is 6. The second kappa shape index (κ2) is 10.4. The Morgan fingerprint density at radius 3 is 1.31 bits per heavy atom. The average molecular weight is 361 g/mol. The first-order valence-corrected chi connectivity index (χ1v) is 9.26. The molecule has 0 aromatic heterocycles. The van der Waals surface area contributed by atoms with Crippen LogP contribution in [-0.2, 0) is 0 Å².